The average molecular weight is 331 g/mol. The molecule has 0 bridgehead atoms. The van der Waals surface area contributed by atoms with Gasteiger partial charge in [-0.15, -0.1) is 0 Å². The number of ether oxygens (including phenoxy) is 1. The van der Waals surface area contributed by atoms with Gasteiger partial charge in [-0.1, -0.05) is 18.2 Å². The second-order valence-electron chi connectivity index (χ2n) is 6.94. The fourth-order valence-corrected chi connectivity index (χ4v) is 3.11. The zero-order valence-electron chi connectivity index (χ0n) is 13.9. The molecule has 0 aromatic heterocycles. The van der Waals surface area contributed by atoms with Crippen molar-refractivity contribution in [2.24, 2.45) is 17.1 Å². The quantitative estimate of drug-likeness (QED) is 0.833. The number of hydrogen-bond acceptors (Lipinski definition) is 3. The SMILES string of the molecule is NC(=O)N1CCC[C@H](C(=O)NCC2(COc3ccccc3)CC2)C1. The van der Waals surface area contributed by atoms with Gasteiger partial charge in [0.2, 0.25) is 5.91 Å². The number of benzene rings is 1. The number of para-hydroxylation sites is 1. The molecule has 24 heavy (non-hydrogen) atoms. The van der Waals surface area contributed by atoms with Crippen molar-refractivity contribution >= 4 is 11.9 Å². The lowest BCUT2D eigenvalue weighted by Crippen LogP contribution is -2.48. The van der Waals surface area contributed by atoms with Gasteiger partial charge in [0.15, 0.2) is 0 Å². The summed E-state index contributed by atoms with van der Waals surface area (Å²) >= 11 is 0. The Morgan fingerprint density at radius 1 is 1.29 bits per heavy atom. The van der Waals surface area contributed by atoms with Gasteiger partial charge in [0, 0.05) is 25.0 Å². The Balaban J connectivity index is 1.44. The molecule has 1 saturated carbocycles. The summed E-state index contributed by atoms with van der Waals surface area (Å²) in [4.78, 5) is 25.2. The van der Waals surface area contributed by atoms with Crippen molar-refractivity contribution in [2.75, 3.05) is 26.2 Å². The van der Waals surface area contributed by atoms with Gasteiger partial charge in [0.25, 0.3) is 0 Å². The number of carbonyl (C=O) groups excluding carboxylic acids is 2. The number of carbonyl (C=O) groups is 2. The number of rotatable bonds is 6. The van der Waals surface area contributed by atoms with E-state index >= 15 is 0 Å². The number of urea groups is 1. The van der Waals surface area contributed by atoms with Crippen molar-refractivity contribution in [3.05, 3.63) is 30.3 Å². The maximum absolute atomic E-state index is 12.4. The van der Waals surface area contributed by atoms with E-state index in [1.165, 1.54) is 0 Å². The van der Waals surface area contributed by atoms with E-state index in [2.05, 4.69) is 5.32 Å². The van der Waals surface area contributed by atoms with Crippen molar-refractivity contribution < 1.29 is 14.3 Å². The zero-order chi connectivity index (χ0) is 17.0. The second-order valence-corrected chi connectivity index (χ2v) is 6.94. The van der Waals surface area contributed by atoms with Crippen LogP contribution in [0.1, 0.15) is 25.7 Å². The van der Waals surface area contributed by atoms with Crippen LogP contribution in [-0.2, 0) is 4.79 Å². The van der Waals surface area contributed by atoms with Gasteiger partial charge in [0.1, 0.15) is 5.75 Å². The summed E-state index contributed by atoms with van der Waals surface area (Å²) in [6, 6.07) is 9.29. The number of amides is 3. The van der Waals surface area contributed by atoms with Crippen molar-refractivity contribution in [1.82, 2.24) is 10.2 Å². The van der Waals surface area contributed by atoms with Crippen LogP contribution < -0.4 is 15.8 Å². The predicted octanol–water partition coefficient (Wildman–Crippen LogP) is 1.75. The maximum Gasteiger partial charge on any atom is 0.314 e. The first-order valence-corrected chi connectivity index (χ1v) is 8.58. The molecule has 6 nitrogen and oxygen atoms in total. The third-order valence-corrected chi connectivity index (χ3v) is 4.99. The molecule has 3 N–H and O–H groups in total. The lowest BCUT2D eigenvalue weighted by atomic mass is 9.97. The Morgan fingerprint density at radius 2 is 2.04 bits per heavy atom. The van der Waals surface area contributed by atoms with Crippen molar-refractivity contribution in [1.29, 1.82) is 0 Å². The highest BCUT2D eigenvalue weighted by molar-refractivity contribution is 5.80. The lowest BCUT2D eigenvalue weighted by molar-refractivity contribution is -0.126. The summed E-state index contributed by atoms with van der Waals surface area (Å²) in [6.45, 7) is 2.32. The molecular formula is C18H25N3O3. The van der Waals surface area contributed by atoms with Gasteiger partial charge in [0.05, 0.1) is 12.5 Å². The highest BCUT2D eigenvalue weighted by atomic mass is 16.5. The van der Waals surface area contributed by atoms with Gasteiger partial charge in [-0.25, -0.2) is 4.79 Å². The number of hydrogen-bond donors (Lipinski definition) is 2. The van der Waals surface area contributed by atoms with Gasteiger partial charge in [-0.3, -0.25) is 4.79 Å². The molecule has 0 spiro atoms. The minimum Gasteiger partial charge on any atom is -0.493 e. The van der Waals surface area contributed by atoms with E-state index < -0.39 is 6.03 Å². The fraction of sp³-hybridized carbons (Fsp3) is 0.556. The summed E-state index contributed by atoms with van der Waals surface area (Å²) in [7, 11) is 0. The van der Waals surface area contributed by atoms with Crippen molar-refractivity contribution in [3.63, 3.8) is 0 Å². The number of likely N-dealkylation sites (tertiary alicyclic amines) is 1. The van der Waals surface area contributed by atoms with E-state index in [9.17, 15) is 9.59 Å². The van der Waals surface area contributed by atoms with Crippen molar-refractivity contribution in [3.8, 4) is 5.75 Å². The minimum atomic E-state index is -0.442. The third kappa shape index (κ3) is 4.19. The first-order valence-electron chi connectivity index (χ1n) is 8.58. The average Bonchev–Trinajstić information content (AvgIpc) is 3.39. The summed E-state index contributed by atoms with van der Waals surface area (Å²) in [5, 5.41) is 3.05. The van der Waals surface area contributed by atoms with Gasteiger partial charge in [-0.05, 0) is 37.8 Å². The Bertz CT molecular complexity index is 586. The predicted molar refractivity (Wildman–Crippen MR) is 90.5 cm³/mol. The summed E-state index contributed by atoms with van der Waals surface area (Å²) in [6.07, 6.45) is 3.77. The van der Waals surface area contributed by atoms with E-state index in [1.807, 2.05) is 30.3 Å². The normalized spacial score (nSPS) is 21.8. The van der Waals surface area contributed by atoms with Crippen LogP contribution >= 0.6 is 0 Å². The van der Waals surface area contributed by atoms with Crippen LogP contribution in [-0.4, -0.2) is 43.1 Å². The number of nitrogens with zero attached hydrogens (tertiary/aromatic N) is 1. The summed E-state index contributed by atoms with van der Waals surface area (Å²) in [5.74, 6) is 0.725. The number of piperidine rings is 1. The Hall–Kier alpha value is -2.24. The fourth-order valence-electron chi connectivity index (χ4n) is 3.11. The van der Waals surface area contributed by atoms with E-state index in [1.54, 1.807) is 4.90 Å². The van der Waals surface area contributed by atoms with Crippen LogP contribution in [0.15, 0.2) is 30.3 Å². The largest absolute Gasteiger partial charge is 0.493 e. The Morgan fingerprint density at radius 3 is 2.71 bits per heavy atom. The van der Waals surface area contributed by atoms with E-state index in [0.29, 0.717) is 26.2 Å². The summed E-state index contributed by atoms with van der Waals surface area (Å²) in [5.41, 5.74) is 5.38. The van der Waals surface area contributed by atoms with Crippen LogP contribution in [0, 0.1) is 11.3 Å². The molecule has 1 saturated heterocycles. The lowest BCUT2D eigenvalue weighted by Gasteiger charge is -2.31. The van der Waals surface area contributed by atoms with E-state index in [0.717, 1.165) is 31.4 Å². The molecular weight excluding hydrogens is 306 g/mol. The highest BCUT2D eigenvalue weighted by Gasteiger charge is 2.44. The van der Waals surface area contributed by atoms with Gasteiger partial charge in [-0.2, -0.15) is 0 Å². The molecule has 1 aromatic carbocycles. The monoisotopic (exact) mass is 331 g/mol. The number of nitrogens with one attached hydrogen (secondary N) is 1. The molecule has 0 radical (unpaired) electrons. The topological polar surface area (TPSA) is 84.7 Å². The molecule has 1 aliphatic heterocycles. The van der Waals surface area contributed by atoms with E-state index in [4.69, 9.17) is 10.5 Å². The third-order valence-electron chi connectivity index (χ3n) is 4.99. The molecule has 0 unspecified atom stereocenters. The van der Waals surface area contributed by atoms with Crippen LogP contribution in [0.2, 0.25) is 0 Å². The minimum absolute atomic E-state index is 0.0203. The molecule has 1 heterocycles. The molecule has 3 amide bonds. The maximum atomic E-state index is 12.4. The number of primary amides is 1. The van der Waals surface area contributed by atoms with Gasteiger partial charge < -0.3 is 20.7 Å². The molecule has 2 fully saturated rings. The first-order chi connectivity index (χ1) is 11.6. The van der Waals surface area contributed by atoms with Crippen LogP contribution in [0.25, 0.3) is 0 Å². The Kier molecular flexibility index (Phi) is 4.92. The molecule has 6 heteroatoms. The molecule has 130 valence electrons. The zero-order valence-corrected chi connectivity index (χ0v) is 13.9. The van der Waals surface area contributed by atoms with Crippen LogP contribution in [0.4, 0.5) is 4.79 Å². The van der Waals surface area contributed by atoms with Crippen LogP contribution in [0.3, 0.4) is 0 Å². The molecule has 1 aromatic rings. The molecule has 3 rings (SSSR count). The Labute approximate surface area is 142 Å². The second kappa shape index (κ2) is 7.11. The molecule has 2 aliphatic rings. The molecule has 1 aliphatic carbocycles. The highest BCUT2D eigenvalue weighted by Crippen LogP contribution is 2.45. The van der Waals surface area contributed by atoms with E-state index in [-0.39, 0.29) is 17.2 Å². The van der Waals surface area contributed by atoms with Gasteiger partial charge >= 0.3 is 6.03 Å². The molecule has 1 atom stereocenters. The first kappa shape index (κ1) is 16.6. The summed E-state index contributed by atoms with van der Waals surface area (Å²) < 4.78 is 5.84. The van der Waals surface area contributed by atoms with Crippen molar-refractivity contribution in [2.45, 2.75) is 25.7 Å². The standard InChI is InChI=1S/C18H25N3O3/c19-17(23)21-10-4-5-14(11-21)16(22)20-12-18(8-9-18)13-24-15-6-2-1-3-7-15/h1-3,6-7,14H,4-5,8-13H2,(H2,19,23)(H,20,22)/t14-/m0/s1. The van der Waals surface area contributed by atoms with Crippen LogP contribution in [0.5, 0.6) is 5.75 Å². The number of nitrogens with two attached hydrogens (primary N) is 1. The smallest absolute Gasteiger partial charge is 0.314 e.